The Hall–Kier alpha value is -0.220. The van der Waals surface area contributed by atoms with Gasteiger partial charge in [0, 0.05) is 19.1 Å². The van der Waals surface area contributed by atoms with Crippen molar-refractivity contribution in [3.05, 3.63) is 0 Å². The van der Waals surface area contributed by atoms with Gasteiger partial charge in [-0.15, -0.1) is 0 Å². The topological polar surface area (TPSA) is 23.6 Å². The molecule has 0 saturated carbocycles. The molecule has 2 saturated heterocycles. The Labute approximate surface area is 103 Å². The number of piperidine rings is 2. The van der Waals surface area contributed by atoms with Crippen LogP contribution in [0.15, 0.2) is 0 Å². The second-order valence-electron chi connectivity index (χ2n) is 4.78. The molecule has 2 heterocycles. The number of thioether (sulfide) groups is 1. The van der Waals surface area contributed by atoms with Crippen molar-refractivity contribution in [2.45, 2.75) is 38.1 Å². The van der Waals surface area contributed by atoms with Crippen LogP contribution in [-0.2, 0) is 0 Å². The second kappa shape index (κ2) is 5.92. The van der Waals surface area contributed by atoms with E-state index in [1.807, 2.05) is 11.2 Å². The molecule has 0 aromatic carbocycles. The van der Waals surface area contributed by atoms with Crippen molar-refractivity contribution < 1.29 is 4.79 Å². The lowest BCUT2D eigenvalue weighted by molar-refractivity contribution is 0.107. The van der Waals surface area contributed by atoms with E-state index in [4.69, 9.17) is 0 Å². The minimum absolute atomic E-state index is 0.247. The Morgan fingerprint density at radius 1 is 1.06 bits per heavy atom. The Balaban J connectivity index is 1.78. The molecule has 2 aliphatic heterocycles. The minimum atomic E-state index is 0.247. The molecule has 0 aromatic heterocycles. The van der Waals surface area contributed by atoms with E-state index in [0.29, 0.717) is 0 Å². The molecule has 0 aliphatic carbocycles. The van der Waals surface area contributed by atoms with Crippen molar-refractivity contribution in [2.75, 3.05) is 32.4 Å². The molecule has 0 unspecified atom stereocenters. The Morgan fingerprint density at radius 2 is 1.69 bits per heavy atom. The summed E-state index contributed by atoms with van der Waals surface area (Å²) in [6.45, 7) is 4.48. The molecule has 16 heavy (non-hydrogen) atoms. The van der Waals surface area contributed by atoms with E-state index in [0.717, 1.165) is 19.1 Å². The van der Waals surface area contributed by atoms with E-state index in [9.17, 15) is 4.79 Å². The number of carbonyl (C=O) groups is 1. The Morgan fingerprint density at radius 3 is 2.25 bits per heavy atom. The quantitative estimate of drug-likeness (QED) is 0.705. The highest BCUT2D eigenvalue weighted by atomic mass is 32.2. The first kappa shape index (κ1) is 12.2. The van der Waals surface area contributed by atoms with Crippen LogP contribution in [0, 0.1) is 0 Å². The van der Waals surface area contributed by atoms with Gasteiger partial charge in [0.05, 0.1) is 0 Å². The van der Waals surface area contributed by atoms with Gasteiger partial charge in [0.1, 0.15) is 0 Å². The highest BCUT2D eigenvalue weighted by molar-refractivity contribution is 8.12. The van der Waals surface area contributed by atoms with Crippen LogP contribution in [0.3, 0.4) is 0 Å². The number of hydrogen-bond acceptors (Lipinski definition) is 3. The molecular weight excluding hydrogens is 220 g/mol. The molecule has 0 aromatic rings. The highest BCUT2D eigenvalue weighted by Crippen LogP contribution is 2.22. The average molecular weight is 242 g/mol. The first-order valence-corrected chi connectivity index (χ1v) is 7.60. The number of rotatable bonds is 1. The molecule has 2 rings (SSSR count). The van der Waals surface area contributed by atoms with Crippen LogP contribution >= 0.6 is 11.8 Å². The van der Waals surface area contributed by atoms with E-state index in [-0.39, 0.29) is 5.24 Å². The first-order valence-electron chi connectivity index (χ1n) is 6.38. The van der Waals surface area contributed by atoms with E-state index in [1.165, 1.54) is 57.0 Å². The molecule has 1 amide bonds. The molecule has 0 N–H and O–H groups in total. The van der Waals surface area contributed by atoms with Gasteiger partial charge in [-0.25, -0.2) is 0 Å². The molecule has 0 spiro atoms. The zero-order chi connectivity index (χ0) is 11.4. The monoisotopic (exact) mass is 242 g/mol. The fourth-order valence-electron chi connectivity index (χ4n) is 2.83. The lowest BCUT2D eigenvalue weighted by Gasteiger charge is -2.40. The average Bonchev–Trinajstić information content (AvgIpc) is 2.39. The predicted octanol–water partition coefficient (Wildman–Crippen LogP) is 2.42. The summed E-state index contributed by atoms with van der Waals surface area (Å²) in [4.78, 5) is 16.2. The van der Waals surface area contributed by atoms with Crippen LogP contribution in [0.1, 0.15) is 32.1 Å². The molecule has 0 bridgehead atoms. The molecule has 4 heteroatoms. The summed E-state index contributed by atoms with van der Waals surface area (Å²) in [5.41, 5.74) is 0. The van der Waals surface area contributed by atoms with Gasteiger partial charge >= 0.3 is 0 Å². The third kappa shape index (κ3) is 2.92. The van der Waals surface area contributed by atoms with Gasteiger partial charge in [0.2, 0.25) is 0 Å². The summed E-state index contributed by atoms with van der Waals surface area (Å²) >= 11 is 1.34. The molecule has 3 nitrogen and oxygen atoms in total. The van der Waals surface area contributed by atoms with Crippen LogP contribution in [0.25, 0.3) is 0 Å². The van der Waals surface area contributed by atoms with Crippen LogP contribution in [-0.4, -0.2) is 53.5 Å². The first-order chi connectivity index (χ1) is 7.81. The fraction of sp³-hybridized carbons (Fsp3) is 0.917. The van der Waals surface area contributed by atoms with Gasteiger partial charge < -0.3 is 9.80 Å². The molecule has 0 atom stereocenters. The predicted molar refractivity (Wildman–Crippen MR) is 68.9 cm³/mol. The van der Waals surface area contributed by atoms with Crippen molar-refractivity contribution >= 4 is 17.0 Å². The zero-order valence-electron chi connectivity index (χ0n) is 10.2. The van der Waals surface area contributed by atoms with Crippen molar-refractivity contribution in [3.8, 4) is 0 Å². The van der Waals surface area contributed by atoms with Crippen LogP contribution in [0.4, 0.5) is 4.79 Å². The summed E-state index contributed by atoms with van der Waals surface area (Å²) < 4.78 is 0. The van der Waals surface area contributed by atoms with Crippen molar-refractivity contribution in [1.82, 2.24) is 9.80 Å². The van der Waals surface area contributed by atoms with Gasteiger partial charge in [-0.1, -0.05) is 18.2 Å². The molecule has 2 fully saturated rings. The largest absolute Gasteiger partial charge is 0.333 e. The summed E-state index contributed by atoms with van der Waals surface area (Å²) in [6, 6.07) is 0.742. The second-order valence-corrected chi connectivity index (χ2v) is 5.54. The van der Waals surface area contributed by atoms with Gasteiger partial charge in [-0.3, -0.25) is 4.79 Å². The number of nitrogens with zero attached hydrogens (tertiary/aromatic N) is 2. The number of hydrogen-bond donors (Lipinski definition) is 0. The van der Waals surface area contributed by atoms with Gasteiger partial charge in [0.25, 0.3) is 5.24 Å². The summed E-state index contributed by atoms with van der Waals surface area (Å²) in [6.07, 6.45) is 8.35. The van der Waals surface area contributed by atoms with Crippen molar-refractivity contribution in [1.29, 1.82) is 0 Å². The maximum absolute atomic E-state index is 11.5. The number of likely N-dealkylation sites (tertiary alicyclic amines) is 2. The number of amides is 1. The van der Waals surface area contributed by atoms with E-state index in [2.05, 4.69) is 4.90 Å². The fourth-order valence-corrected chi connectivity index (χ4v) is 3.27. The van der Waals surface area contributed by atoms with E-state index in [1.54, 1.807) is 0 Å². The van der Waals surface area contributed by atoms with E-state index >= 15 is 0 Å². The molecular formula is C12H22N2OS. The molecule has 2 aliphatic rings. The van der Waals surface area contributed by atoms with Crippen LogP contribution in [0.5, 0.6) is 0 Å². The Bertz CT molecular complexity index is 233. The standard InChI is InChI=1S/C12H22N2OS/c1-16-12(15)14-9-5-11(6-10-14)13-7-3-2-4-8-13/h11H,2-10H2,1H3. The third-order valence-electron chi connectivity index (χ3n) is 3.80. The van der Waals surface area contributed by atoms with Gasteiger partial charge in [0.15, 0.2) is 0 Å². The number of carbonyl (C=O) groups excluding carboxylic acids is 1. The summed E-state index contributed by atoms with van der Waals surface area (Å²) in [5, 5.41) is 0.247. The lowest BCUT2D eigenvalue weighted by Crippen LogP contribution is -2.47. The minimum Gasteiger partial charge on any atom is -0.333 e. The SMILES string of the molecule is CSC(=O)N1CCC(N2CCCCC2)CC1. The summed E-state index contributed by atoms with van der Waals surface area (Å²) in [5.74, 6) is 0. The van der Waals surface area contributed by atoms with Crippen molar-refractivity contribution in [2.24, 2.45) is 0 Å². The van der Waals surface area contributed by atoms with Crippen LogP contribution in [0.2, 0.25) is 0 Å². The van der Waals surface area contributed by atoms with Crippen LogP contribution < -0.4 is 0 Å². The van der Waals surface area contributed by atoms with Gasteiger partial charge in [-0.2, -0.15) is 0 Å². The molecule has 92 valence electrons. The lowest BCUT2D eigenvalue weighted by atomic mass is 10.0. The smallest absolute Gasteiger partial charge is 0.281 e. The Kier molecular flexibility index (Phi) is 4.53. The summed E-state index contributed by atoms with van der Waals surface area (Å²) in [7, 11) is 0. The highest BCUT2D eigenvalue weighted by Gasteiger charge is 2.27. The van der Waals surface area contributed by atoms with Crippen molar-refractivity contribution in [3.63, 3.8) is 0 Å². The maximum atomic E-state index is 11.5. The van der Waals surface area contributed by atoms with E-state index < -0.39 is 0 Å². The third-order valence-corrected chi connectivity index (χ3v) is 4.41. The zero-order valence-corrected chi connectivity index (χ0v) is 11.0. The normalized spacial score (nSPS) is 24.7. The molecule has 0 radical (unpaired) electrons. The van der Waals surface area contributed by atoms with Gasteiger partial charge in [-0.05, 0) is 45.0 Å². The maximum Gasteiger partial charge on any atom is 0.281 e.